The van der Waals surface area contributed by atoms with Gasteiger partial charge in [0.2, 0.25) is 5.95 Å². The summed E-state index contributed by atoms with van der Waals surface area (Å²) in [6, 6.07) is 64.8. The van der Waals surface area contributed by atoms with Crippen LogP contribution in [0, 0.1) is 0 Å². The highest BCUT2D eigenvalue weighted by Gasteiger charge is 2.21. The van der Waals surface area contributed by atoms with E-state index >= 15 is 0 Å². The van der Waals surface area contributed by atoms with Crippen LogP contribution in [0.3, 0.4) is 0 Å². The number of furan rings is 1. The molecule has 0 aliphatic rings. The molecule has 0 N–H and O–H groups in total. The maximum Gasteiger partial charge on any atom is 0.235 e. The summed E-state index contributed by atoms with van der Waals surface area (Å²) in [7, 11) is 0. The first-order valence-corrected chi connectivity index (χ1v) is 19.3. The van der Waals surface area contributed by atoms with Gasteiger partial charge in [-0.25, -0.2) is 9.97 Å². The monoisotopic (exact) mass is 726 g/mol. The number of para-hydroxylation sites is 4. The van der Waals surface area contributed by atoms with Crippen molar-refractivity contribution in [2.24, 2.45) is 0 Å². The minimum Gasteiger partial charge on any atom is -0.456 e. The minimum absolute atomic E-state index is 0.635. The highest BCUT2D eigenvalue weighted by molar-refractivity contribution is 6.23. The maximum atomic E-state index is 6.35. The van der Waals surface area contributed by atoms with Gasteiger partial charge in [-0.15, -0.1) is 0 Å². The van der Waals surface area contributed by atoms with Gasteiger partial charge in [0.1, 0.15) is 11.2 Å². The molecule has 0 saturated heterocycles. The Kier molecular flexibility index (Phi) is 6.10. The largest absolute Gasteiger partial charge is 0.456 e. The van der Waals surface area contributed by atoms with E-state index in [1.54, 1.807) is 0 Å². The van der Waals surface area contributed by atoms with Crippen molar-refractivity contribution in [1.82, 2.24) is 19.1 Å². The van der Waals surface area contributed by atoms with Gasteiger partial charge in [0.15, 0.2) is 0 Å². The zero-order valence-electron chi connectivity index (χ0n) is 30.5. The average Bonchev–Trinajstić information content (AvgIpc) is 3.93. The number of hydrogen-bond acceptors (Lipinski definition) is 3. The van der Waals surface area contributed by atoms with Crippen LogP contribution in [0.2, 0.25) is 0 Å². The summed E-state index contributed by atoms with van der Waals surface area (Å²) in [5.74, 6) is 0.635. The van der Waals surface area contributed by atoms with Crippen molar-refractivity contribution in [2.75, 3.05) is 0 Å². The Bertz CT molecular complexity index is 3810. The zero-order valence-corrected chi connectivity index (χ0v) is 30.5. The number of rotatable bonds is 3. The van der Waals surface area contributed by atoms with E-state index in [2.05, 4.69) is 179 Å². The molecule has 4 heterocycles. The normalized spacial score (nSPS) is 12.2. The molecular weight excluding hydrogens is 697 g/mol. The van der Waals surface area contributed by atoms with Crippen LogP contribution in [-0.4, -0.2) is 19.1 Å². The summed E-state index contributed by atoms with van der Waals surface area (Å²) in [5.41, 5.74) is 10.2. The fourth-order valence-corrected chi connectivity index (χ4v) is 9.37. The van der Waals surface area contributed by atoms with Crippen molar-refractivity contribution < 1.29 is 4.42 Å². The SMILES string of the molecule is c1ccc(-n2c3ccccc3c3cc(-c4nc(-n5c6ccccc6c6cc7ccc8oc9ccccc9c8c7cc65)nc5c4ccc4ccccc45)ccc32)cc1. The molecule has 5 nitrogen and oxygen atoms in total. The van der Waals surface area contributed by atoms with E-state index in [-0.39, 0.29) is 0 Å². The lowest BCUT2D eigenvalue weighted by molar-refractivity contribution is 0.669. The molecule has 0 radical (unpaired) electrons. The van der Waals surface area contributed by atoms with Gasteiger partial charge in [-0.3, -0.25) is 4.57 Å². The Hall–Kier alpha value is -7.76. The molecule has 0 aliphatic heterocycles. The van der Waals surface area contributed by atoms with E-state index in [0.717, 1.165) is 93.3 Å². The lowest BCUT2D eigenvalue weighted by Crippen LogP contribution is -2.04. The van der Waals surface area contributed by atoms with Crippen LogP contribution in [0.25, 0.3) is 121 Å². The summed E-state index contributed by atoms with van der Waals surface area (Å²) in [6.07, 6.45) is 0. The average molecular weight is 727 g/mol. The number of aromatic nitrogens is 4. The third-order valence-corrected chi connectivity index (χ3v) is 11.9. The van der Waals surface area contributed by atoms with Gasteiger partial charge in [0.25, 0.3) is 0 Å². The second-order valence-corrected chi connectivity index (χ2v) is 15.0. The van der Waals surface area contributed by atoms with Crippen molar-refractivity contribution in [3.63, 3.8) is 0 Å². The quantitative estimate of drug-likeness (QED) is 0.170. The Morgan fingerprint density at radius 3 is 1.88 bits per heavy atom. The van der Waals surface area contributed by atoms with Crippen molar-refractivity contribution in [2.45, 2.75) is 0 Å². The summed E-state index contributed by atoms with van der Waals surface area (Å²) >= 11 is 0. The summed E-state index contributed by atoms with van der Waals surface area (Å²) in [4.78, 5) is 11.1. The van der Waals surface area contributed by atoms with E-state index < -0.39 is 0 Å². The van der Waals surface area contributed by atoms with Gasteiger partial charge in [0.05, 0.1) is 33.3 Å². The molecule has 0 atom stereocenters. The molecular formula is C52H30N4O. The number of fused-ring (bicyclic) bond motifs is 14. The highest BCUT2D eigenvalue weighted by atomic mass is 16.3. The van der Waals surface area contributed by atoms with E-state index in [0.29, 0.717) is 5.95 Å². The van der Waals surface area contributed by atoms with Crippen LogP contribution in [0.4, 0.5) is 0 Å². The number of hydrogen-bond donors (Lipinski definition) is 0. The first-order valence-electron chi connectivity index (χ1n) is 19.3. The van der Waals surface area contributed by atoms with Gasteiger partial charge in [0, 0.05) is 54.3 Å². The van der Waals surface area contributed by atoms with Crippen molar-refractivity contribution in [3.05, 3.63) is 182 Å². The van der Waals surface area contributed by atoms with Crippen LogP contribution in [0.5, 0.6) is 0 Å². The fraction of sp³-hybridized carbons (Fsp3) is 0. The van der Waals surface area contributed by atoms with E-state index in [4.69, 9.17) is 14.4 Å². The van der Waals surface area contributed by atoms with Crippen molar-refractivity contribution >= 4 is 98.0 Å². The molecule has 13 rings (SSSR count). The van der Waals surface area contributed by atoms with Crippen LogP contribution in [0.1, 0.15) is 0 Å². The van der Waals surface area contributed by atoms with Crippen LogP contribution in [0.15, 0.2) is 186 Å². The molecule has 0 amide bonds. The molecule has 9 aromatic carbocycles. The smallest absolute Gasteiger partial charge is 0.235 e. The lowest BCUT2D eigenvalue weighted by Gasteiger charge is -2.14. The Balaban J connectivity index is 1.14. The Morgan fingerprint density at radius 2 is 1.04 bits per heavy atom. The molecule has 0 unspecified atom stereocenters. The molecule has 0 aliphatic carbocycles. The molecule has 57 heavy (non-hydrogen) atoms. The molecule has 0 saturated carbocycles. The minimum atomic E-state index is 0.635. The standard InChI is InChI=1S/C52H30N4O/c1-2-13-34(14-3-1)55-43-19-9-6-16-36(43)41-29-33(23-26-45(41)55)50-39-25-22-31-12-4-5-15-35(31)51(39)54-52(53-50)56-44-20-10-7-17-37(44)42-28-32-24-27-48-49(40(32)30-46(42)56)38-18-8-11-21-47(38)57-48/h1-30H. The number of benzene rings is 9. The lowest BCUT2D eigenvalue weighted by atomic mass is 10.0. The second kappa shape index (κ2) is 11.4. The van der Waals surface area contributed by atoms with Gasteiger partial charge in [-0.05, 0) is 82.9 Å². The molecule has 4 aromatic heterocycles. The third kappa shape index (κ3) is 4.28. The predicted molar refractivity (Wildman–Crippen MR) is 236 cm³/mol. The molecule has 5 heteroatoms. The van der Waals surface area contributed by atoms with Crippen molar-refractivity contribution in [3.8, 4) is 22.9 Å². The molecule has 0 bridgehead atoms. The first kappa shape index (κ1) is 30.6. The third-order valence-electron chi connectivity index (χ3n) is 11.9. The fourth-order valence-electron chi connectivity index (χ4n) is 9.37. The molecule has 0 fully saturated rings. The predicted octanol–water partition coefficient (Wildman–Crippen LogP) is 13.7. The maximum absolute atomic E-state index is 6.35. The highest BCUT2D eigenvalue weighted by Crippen LogP contribution is 2.42. The zero-order chi connectivity index (χ0) is 37.2. The van der Waals surface area contributed by atoms with Gasteiger partial charge in [-0.2, -0.15) is 0 Å². The van der Waals surface area contributed by atoms with E-state index in [1.807, 2.05) is 12.1 Å². The summed E-state index contributed by atoms with van der Waals surface area (Å²) in [5, 5.41) is 12.5. The van der Waals surface area contributed by atoms with E-state index in [1.165, 1.54) is 21.7 Å². The van der Waals surface area contributed by atoms with Crippen LogP contribution in [-0.2, 0) is 0 Å². The topological polar surface area (TPSA) is 48.8 Å². The van der Waals surface area contributed by atoms with E-state index in [9.17, 15) is 0 Å². The molecule has 13 aromatic rings. The summed E-state index contributed by atoms with van der Waals surface area (Å²) < 4.78 is 11.0. The Labute approximate surface area is 325 Å². The number of nitrogens with zero attached hydrogens (tertiary/aromatic N) is 4. The van der Waals surface area contributed by atoms with Crippen LogP contribution < -0.4 is 0 Å². The second-order valence-electron chi connectivity index (χ2n) is 15.0. The molecule has 0 spiro atoms. The molecule has 264 valence electrons. The first-order chi connectivity index (χ1) is 28.3. The Morgan fingerprint density at radius 1 is 0.368 bits per heavy atom. The van der Waals surface area contributed by atoms with Gasteiger partial charge >= 0.3 is 0 Å². The van der Waals surface area contributed by atoms with Crippen molar-refractivity contribution in [1.29, 1.82) is 0 Å². The van der Waals surface area contributed by atoms with Gasteiger partial charge < -0.3 is 8.98 Å². The summed E-state index contributed by atoms with van der Waals surface area (Å²) in [6.45, 7) is 0. The van der Waals surface area contributed by atoms with Gasteiger partial charge in [-0.1, -0.05) is 115 Å². The van der Waals surface area contributed by atoms with Crippen LogP contribution >= 0.6 is 0 Å².